The highest BCUT2D eigenvalue weighted by molar-refractivity contribution is 7.98. The molecule has 0 bridgehead atoms. The maximum atomic E-state index is 9.82. The van der Waals surface area contributed by atoms with Gasteiger partial charge in [0.1, 0.15) is 11.6 Å². The van der Waals surface area contributed by atoms with Gasteiger partial charge in [0.15, 0.2) is 5.16 Å². The van der Waals surface area contributed by atoms with E-state index in [0.29, 0.717) is 22.7 Å². The largest absolute Gasteiger partial charge is 0.394 e. The van der Waals surface area contributed by atoms with Crippen LogP contribution in [0.2, 0.25) is 0 Å². The Morgan fingerprint density at radius 3 is 2.85 bits per heavy atom. The van der Waals surface area contributed by atoms with E-state index in [4.69, 9.17) is 5.84 Å². The van der Waals surface area contributed by atoms with E-state index in [-0.39, 0.29) is 12.1 Å². The van der Waals surface area contributed by atoms with Gasteiger partial charge in [0.25, 0.3) is 0 Å². The summed E-state index contributed by atoms with van der Waals surface area (Å²) in [4.78, 5) is 8.69. The first-order valence-corrected chi connectivity index (χ1v) is 8.12. The fraction of sp³-hybridized carbons (Fsp3) is 0.692. The lowest BCUT2D eigenvalue weighted by Gasteiger charge is -2.39. The van der Waals surface area contributed by atoms with Crippen LogP contribution in [0.25, 0.3) is 0 Å². The predicted octanol–water partition coefficient (Wildman–Crippen LogP) is 1.84. The summed E-state index contributed by atoms with van der Waals surface area (Å²) in [7, 11) is 0. The van der Waals surface area contributed by atoms with Crippen molar-refractivity contribution in [2.24, 2.45) is 11.8 Å². The minimum Gasteiger partial charge on any atom is -0.394 e. The first kappa shape index (κ1) is 15.3. The molecule has 112 valence electrons. The fourth-order valence-electron chi connectivity index (χ4n) is 2.88. The number of thioether (sulfide) groups is 1. The molecule has 1 saturated carbocycles. The quantitative estimate of drug-likeness (QED) is 0.285. The van der Waals surface area contributed by atoms with E-state index in [1.54, 1.807) is 6.07 Å². The Balaban J connectivity index is 2.22. The summed E-state index contributed by atoms with van der Waals surface area (Å²) in [5, 5.41) is 13.9. The third-order valence-electron chi connectivity index (χ3n) is 3.82. The number of hydrogen-bond donors (Lipinski definition) is 4. The number of hydrogen-bond acceptors (Lipinski definition) is 7. The number of aromatic nitrogens is 2. The molecule has 0 aromatic carbocycles. The third kappa shape index (κ3) is 3.53. The summed E-state index contributed by atoms with van der Waals surface area (Å²) < 4.78 is 0. The van der Waals surface area contributed by atoms with E-state index < -0.39 is 0 Å². The molecule has 0 saturated heterocycles. The molecular weight excluding hydrogens is 274 g/mol. The van der Waals surface area contributed by atoms with Crippen molar-refractivity contribution in [1.82, 2.24) is 9.97 Å². The van der Waals surface area contributed by atoms with Crippen molar-refractivity contribution in [2.45, 2.75) is 43.3 Å². The molecule has 1 heterocycles. The van der Waals surface area contributed by atoms with Gasteiger partial charge in [-0.1, -0.05) is 31.5 Å². The van der Waals surface area contributed by atoms with Crippen molar-refractivity contribution >= 4 is 23.4 Å². The number of nitrogen functional groups attached to an aromatic ring is 1. The van der Waals surface area contributed by atoms with Crippen LogP contribution in [0.5, 0.6) is 0 Å². The maximum Gasteiger partial charge on any atom is 0.191 e. The molecule has 1 aromatic rings. The molecule has 1 aliphatic rings. The predicted molar refractivity (Wildman–Crippen MR) is 82.7 cm³/mol. The average Bonchev–Trinajstić information content (AvgIpc) is 2.46. The number of aliphatic hydroxyl groups is 1. The van der Waals surface area contributed by atoms with Gasteiger partial charge in [-0.05, 0) is 25.0 Å². The molecule has 2 atom stereocenters. The summed E-state index contributed by atoms with van der Waals surface area (Å²) in [6.45, 7) is 2.34. The minimum atomic E-state index is -0.284. The van der Waals surface area contributed by atoms with Gasteiger partial charge in [0.2, 0.25) is 0 Å². The number of hydrazine groups is 1. The van der Waals surface area contributed by atoms with Crippen molar-refractivity contribution in [1.29, 1.82) is 0 Å². The average molecular weight is 297 g/mol. The number of aliphatic hydroxyl groups excluding tert-OH is 1. The van der Waals surface area contributed by atoms with E-state index in [1.807, 2.05) is 6.26 Å². The van der Waals surface area contributed by atoms with Crippen molar-refractivity contribution in [3.05, 3.63) is 6.07 Å². The van der Waals surface area contributed by atoms with Crippen molar-refractivity contribution in [3.8, 4) is 0 Å². The van der Waals surface area contributed by atoms with Gasteiger partial charge in [0.05, 0.1) is 12.1 Å². The molecule has 1 aliphatic carbocycles. The van der Waals surface area contributed by atoms with Crippen LogP contribution in [0.3, 0.4) is 0 Å². The topological polar surface area (TPSA) is 96.1 Å². The lowest BCUT2D eigenvalue weighted by Crippen LogP contribution is -2.46. The van der Waals surface area contributed by atoms with Gasteiger partial charge in [0, 0.05) is 6.07 Å². The first-order chi connectivity index (χ1) is 9.60. The van der Waals surface area contributed by atoms with Gasteiger partial charge in [-0.3, -0.25) is 0 Å². The Bertz CT molecular complexity index is 436. The number of nitrogens with zero attached hydrogens (tertiary/aromatic N) is 2. The second-order valence-electron chi connectivity index (χ2n) is 5.53. The van der Waals surface area contributed by atoms with Crippen LogP contribution in [0, 0.1) is 5.92 Å². The van der Waals surface area contributed by atoms with Crippen molar-refractivity contribution in [2.75, 3.05) is 23.6 Å². The molecule has 2 rings (SSSR count). The molecule has 0 amide bonds. The SMILES string of the molecule is CSc1nc(NN)cc(NC2(CO)CCCC(C)C2)n1. The smallest absolute Gasteiger partial charge is 0.191 e. The number of rotatable bonds is 5. The van der Waals surface area contributed by atoms with Crippen LogP contribution in [-0.2, 0) is 0 Å². The van der Waals surface area contributed by atoms with Gasteiger partial charge in [-0.15, -0.1) is 0 Å². The zero-order valence-electron chi connectivity index (χ0n) is 12.0. The van der Waals surface area contributed by atoms with Gasteiger partial charge in [-0.2, -0.15) is 0 Å². The van der Waals surface area contributed by atoms with Crippen LogP contribution in [-0.4, -0.2) is 33.5 Å². The van der Waals surface area contributed by atoms with E-state index in [1.165, 1.54) is 18.2 Å². The van der Waals surface area contributed by atoms with Crippen LogP contribution in [0.4, 0.5) is 11.6 Å². The molecule has 7 heteroatoms. The molecule has 6 nitrogen and oxygen atoms in total. The van der Waals surface area contributed by atoms with Gasteiger partial charge < -0.3 is 15.8 Å². The second kappa shape index (κ2) is 6.60. The van der Waals surface area contributed by atoms with Gasteiger partial charge in [-0.25, -0.2) is 15.8 Å². The Hall–Kier alpha value is -1.05. The summed E-state index contributed by atoms with van der Waals surface area (Å²) in [6, 6.07) is 1.77. The molecule has 1 aromatic heterocycles. The van der Waals surface area contributed by atoms with E-state index in [9.17, 15) is 5.11 Å². The first-order valence-electron chi connectivity index (χ1n) is 6.89. The van der Waals surface area contributed by atoms with Crippen LogP contribution in [0.1, 0.15) is 32.6 Å². The van der Waals surface area contributed by atoms with Crippen LogP contribution >= 0.6 is 11.8 Å². The monoisotopic (exact) mass is 297 g/mol. The van der Waals surface area contributed by atoms with Crippen molar-refractivity contribution < 1.29 is 5.11 Å². The number of nitrogens with two attached hydrogens (primary N) is 1. The molecule has 20 heavy (non-hydrogen) atoms. The van der Waals surface area contributed by atoms with Crippen LogP contribution in [0.15, 0.2) is 11.2 Å². The highest BCUT2D eigenvalue weighted by Gasteiger charge is 2.34. The van der Waals surface area contributed by atoms with E-state index in [0.717, 1.165) is 19.3 Å². The zero-order valence-corrected chi connectivity index (χ0v) is 12.8. The Morgan fingerprint density at radius 2 is 2.25 bits per heavy atom. The molecule has 0 aliphatic heterocycles. The number of anilines is 2. The Kier molecular flexibility index (Phi) is 5.06. The summed E-state index contributed by atoms with van der Waals surface area (Å²) >= 11 is 1.46. The molecular formula is C13H23N5OS. The molecule has 5 N–H and O–H groups in total. The summed E-state index contributed by atoms with van der Waals surface area (Å²) in [5.41, 5.74) is 2.27. The molecule has 1 fully saturated rings. The zero-order chi connectivity index (χ0) is 14.6. The lowest BCUT2D eigenvalue weighted by molar-refractivity contribution is 0.149. The Labute approximate surface area is 123 Å². The van der Waals surface area contributed by atoms with E-state index >= 15 is 0 Å². The molecule has 0 spiro atoms. The molecule has 0 radical (unpaired) electrons. The van der Waals surface area contributed by atoms with Gasteiger partial charge >= 0.3 is 0 Å². The number of nitrogens with one attached hydrogen (secondary N) is 2. The lowest BCUT2D eigenvalue weighted by atomic mass is 9.77. The summed E-state index contributed by atoms with van der Waals surface area (Å²) in [6.07, 6.45) is 6.17. The van der Waals surface area contributed by atoms with Crippen molar-refractivity contribution in [3.63, 3.8) is 0 Å². The highest BCUT2D eigenvalue weighted by atomic mass is 32.2. The maximum absolute atomic E-state index is 9.82. The Morgan fingerprint density at radius 1 is 1.50 bits per heavy atom. The second-order valence-corrected chi connectivity index (χ2v) is 6.31. The third-order valence-corrected chi connectivity index (χ3v) is 4.37. The fourth-order valence-corrected chi connectivity index (χ4v) is 3.26. The normalized spacial score (nSPS) is 26.3. The summed E-state index contributed by atoms with van der Waals surface area (Å²) in [5.74, 6) is 7.33. The molecule has 2 unspecified atom stereocenters. The highest BCUT2D eigenvalue weighted by Crippen LogP contribution is 2.34. The van der Waals surface area contributed by atoms with Crippen LogP contribution < -0.4 is 16.6 Å². The van der Waals surface area contributed by atoms with E-state index in [2.05, 4.69) is 27.6 Å². The standard InChI is InChI=1S/C13H23N5OS/c1-9-4-3-5-13(7-9,8-19)17-10-6-11(18-14)16-12(15-10)20-2/h6,9,19H,3-5,7-8,14H2,1-2H3,(H2,15,16,17,18). The minimum absolute atomic E-state index is 0.112.